The van der Waals surface area contributed by atoms with Gasteiger partial charge in [-0.25, -0.2) is 5.01 Å². The van der Waals surface area contributed by atoms with Gasteiger partial charge in [0.25, 0.3) is 0 Å². The van der Waals surface area contributed by atoms with Crippen LogP contribution in [0.2, 0.25) is 0 Å². The largest absolute Gasteiger partial charge is 0.416 e. The molecule has 2 N–H and O–H groups in total. The Morgan fingerprint density at radius 2 is 1.67 bits per heavy atom. The van der Waals surface area contributed by atoms with E-state index in [4.69, 9.17) is 5.73 Å². The van der Waals surface area contributed by atoms with E-state index in [0.717, 1.165) is 17.7 Å². The quantitative estimate of drug-likeness (QED) is 0.732. The van der Waals surface area contributed by atoms with E-state index in [0.29, 0.717) is 23.3 Å². The van der Waals surface area contributed by atoms with Crippen LogP contribution in [0.4, 0.5) is 13.2 Å². The van der Waals surface area contributed by atoms with Crippen molar-refractivity contribution < 1.29 is 18.0 Å². The Bertz CT molecular complexity index is 1170. The number of hydrogen-bond donors (Lipinski definition) is 1. The number of hydrazine groups is 1. The highest BCUT2D eigenvalue weighted by atomic mass is 19.4. The van der Waals surface area contributed by atoms with Gasteiger partial charge in [0.1, 0.15) is 5.82 Å². The van der Waals surface area contributed by atoms with Gasteiger partial charge in [-0.3, -0.25) is 9.80 Å². The molecule has 170 valence electrons. The van der Waals surface area contributed by atoms with E-state index >= 15 is 0 Å². The average Bonchev–Trinajstić information content (AvgIpc) is 2.78. The fraction of sp³-hybridized carbons (Fsp3) is 0.280. The summed E-state index contributed by atoms with van der Waals surface area (Å²) in [6.07, 6.45) is -3.71. The molecule has 0 saturated carbocycles. The van der Waals surface area contributed by atoms with Crippen molar-refractivity contribution in [3.63, 3.8) is 0 Å². The first kappa shape index (κ1) is 22.6. The Labute approximate surface area is 190 Å². The maximum absolute atomic E-state index is 13.5. The highest BCUT2D eigenvalue weighted by Gasteiger charge is 2.43. The van der Waals surface area contributed by atoms with Crippen LogP contribution in [0.1, 0.15) is 41.4 Å². The number of nitriles is 1. The van der Waals surface area contributed by atoms with Crippen LogP contribution in [0.25, 0.3) is 0 Å². The molecule has 8 heteroatoms. The fourth-order valence-electron chi connectivity index (χ4n) is 4.73. The number of nitrogens with two attached hydrogens (primary N) is 1. The first-order valence-corrected chi connectivity index (χ1v) is 10.5. The summed E-state index contributed by atoms with van der Waals surface area (Å²) in [6, 6.07) is 16.4. The summed E-state index contributed by atoms with van der Waals surface area (Å²) in [5.41, 5.74) is 8.32. The van der Waals surface area contributed by atoms with Gasteiger partial charge in [-0.15, -0.1) is 0 Å². The van der Waals surface area contributed by atoms with Crippen molar-refractivity contribution in [2.45, 2.75) is 30.9 Å². The van der Waals surface area contributed by atoms with E-state index in [1.165, 1.54) is 12.1 Å². The lowest BCUT2D eigenvalue weighted by atomic mass is 9.72. The summed E-state index contributed by atoms with van der Waals surface area (Å²) in [5.74, 6) is -0.841. The second kappa shape index (κ2) is 8.41. The lowest BCUT2D eigenvalue weighted by Gasteiger charge is -2.43. The third kappa shape index (κ3) is 4.00. The Hall–Kier alpha value is -3.57. The summed E-state index contributed by atoms with van der Waals surface area (Å²) < 4.78 is 39.3. The van der Waals surface area contributed by atoms with E-state index in [2.05, 4.69) is 6.07 Å². The lowest BCUT2D eigenvalue weighted by Crippen LogP contribution is -2.46. The molecule has 2 aliphatic rings. The van der Waals surface area contributed by atoms with Gasteiger partial charge in [-0.2, -0.15) is 18.4 Å². The molecule has 4 rings (SSSR count). The number of alkyl halides is 3. The third-order valence-corrected chi connectivity index (χ3v) is 6.18. The molecule has 33 heavy (non-hydrogen) atoms. The topological polar surface area (TPSA) is 73.4 Å². The van der Waals surface area contributed by atoms with E-state index in [9.17, 15) is 23.2 Å². The summed E-state index contributed by atoms with van der Waals surface area (Å²) in [5, 5.41) is 13.3. The Morgan fingerprint density at radius 3 is 2.21 bits per heavy atom. The SMILES string of the molecule is CN(C)N1C(N)=C(C#N)[C@H](c2ccc(C(F)(F)F)cc2)C2=C1C[C@H](c1ccccc1)CC2=O. The second-order valence-electron chi connectivity index (χ2n) is 8.42. The summed E-state index contributed by atoms with van der Waals surface area (Å²) in [4.78, 5) is 13.5. The normalized spacial score (nSPS) is 21.4. The number of nitrogens with zero attached hydrogens (tertiary/aromatic N) is 3. The van der Waals surface area contributed by atoms with Crippen LogP contribution < -0.4 is 5.73 Å². The van der Waals surface area contributed by atoms with Crippen LogP contribution in [-0.2, 0) is 11.0 Å². The van der Waals surface area contributed by atoms with Crippen molar-refractivity contribution in [1.29, 1.82) is 5.26 Å². The molecule has 0 fully saturated rings. The van der Waals surface area contributed by atoms with Gasteiger partial charge < -0.3 is 5.73 Å². The van der Waals surface area contributed by atoms with Gasteiger partial charge in [0.2, 0.25) is 0 Å². The maximum Gasteiger partial charge on any atom is 0.416 e. The Morgan fingerprint density at radius 1 is 1.03 bits per heavy atom. The van der Waals surface area contributed by atoms with Crippen LogP contribution in [0, 0.1) is 11.3 Å². The zero-order valence-electron chi connectivity index (χ0n) is 18.2. The van der Waals surface area contributed by atoms with E-state index in [-0.39, 0.29) is 29.5 Å². The molecule has 0 amide bonds. The number of carbonyl (C=O) groups excluding carboxylic acids is 1. The maximum atomic E-state index is 13.5. The van der Waals surface area contributed by atoms with Crippen LogP contribution in [0.5, 0.6) is 0 Å². The molecule has 2 aromatic rings. The molecular formula is C25H23F3N4O. The van der Waals surface area contributed by atoms with Gasteiger partial charge in [-0.1, -0.05) is 42.5 Å². The number of hydrogen-bond acceptors (Lipinski definition) is 5. The zero-order chi connectivity index (χ0) is 23.9. The fourth-order valence-corrected chi connectivity index (χ4v) is 4.73. The van der Waals surface area contributed by atoms with Crippen molar-refractivity contribution in [2.75, 3.05) is 14.1 Å². The number of halogens is 3. The number of carbonyl (C=O) groups is 1. The summed E-state index contributed by atoms with van der Waals surface area (Å²) in [6.45, 7) is 0. The predicted molar refractivity (Wildman–Crippen MR) is 117 cm³/mol. The van der Waals surface area contributed by atoms with E-state index in [1.807, 2.05) is 30.3 Å². The van der Waals surface area contributed by atoms with Crippen LogP contribution >= 0.6 is 0 Å². The standard InChI is InChI=1S/C25H23F3N4O/c1-31(2)32-20-12-17(15-6-4-3-5-7-15)13-21(33)23(20)22(19(14-29)24(32)30)16-8-10-18(11-9-16)25(26,27)28/h3-11,17,22H,12-13,30H2,1-2H3/t17-,22-/m0/s1. The Balaban J connectivity index is 1.86. The van der Waals surface area contributed by atoms with Crippen LogP contribution in [0.3, 0.4) is 0 Å². The number of benzene rings is 2. The molecule has 0 saturated heterocycles. The van der Waals surface area contributed by atoms with Crippen LogP contribution in [-0.4, -0.2) is 29.9 Å². The Kier molecular flexibility index (Phi) is 5.76. The van der Waals surface area contributed by atoms with Gasteiger partial charge in [0.05, 0.1) is 23.1 Å². The number of Topliss-reactive ketones (excluding diaryl/α,β-unsaturated/α-hetero) is 1. The van der Waals surface area contributed by atoms with Crippen molar-refractivity contribution in [3.8, 4) is 6.07 Å². The minimum atomic E-state index is -4.48. The smallest absolute Gasteiger partial charge is 0.383 e. The molecule has 1 heterocycles. The highest BCUT2D eigenvalue weighted by molar-refractivity contribution is 6.00. The van der Waals surface area contributed by atoms with Crippen molar-refractivity contribution in [1.82, 2.24) is 10.0 Å². The molecule has 0 radical (unpaired) electrons. The summed E-state index contributed by atoms with van der Waals surface area (Å²) in [7, 11) is 3.53. The zero-order valence-corrected chi connectivity index (χ0v) is 18.2. The molecule has 0 unspecified atom stereocenters. The van der Waals surface area contributed by atoms with Crippen molar-refractivity contribution in [2.24, 2.45) is 5.73 Å². The molecule has 0 spiro atoms. The highest BCUT2D eigenvalue weighted by Crippen LogP contribution is 2.48. The minimum Gasteiger partial charge on any atom is -0.383 e. The molecule has 2 aromatic carbocycles. The molecule has 5 nitrogen and oxygen atoms in total. The van der Waals surface area contributed by atoms with Crippen molar-refractivity contribution in [3.05, 3.63) is 94.0 Å². The monoisotopic (exact) mass is 452 g/mol. The second-order valence-corrected chi connectivity index (χ2v) is 8.42. The first-order chi connectivity index (χ1) is 15.6. The van der Waals surface area contributed by atoms with Gasteiger partial charge in [0, 0.05) is 31.8 Å². The lowest BCUT2D eigenvalue weighted by molar-refractivity contribution is -0.137. The van der Waals surface area contributed by atoms with Gasteiger partial charge in [0.15, 0.2) is 5.78 Å². The van der Waals surface area contributed by atoms with Crippen molar-refractivity contribution >= 4 is 5.78 Å². The van der Waals surface area contributed by atoms with Gasteiger partial charge in [-0.05, 0) is 35.6 Å². The predicted octanol–water partition coefficient (Wildman–Crippen LogP) is 4.68. The van der Waals surface area contributed by atoms with Crippen LogP contribution in [0.15, 0.2) is 77.3 Å². The number of ketones is 1. The molecule has 0 bridgehead atoms. The molecular weight excluding hydrogens is 429 g/mol. The molecule has 2 atom stereocenters. The average molecular weight is 452 g/mol. The molecule has 0 aromatic heterocycles. The minimum absolute atomic E-state index is 0.0652. The first-order valence-electron chi connectivity index (χ1n) is 10.5. The van der Waals surface area contributed by atoms with E-state index < -0.39 is 17.7 Å². The molecule has 1 aliphatic heterocycles. The third-order valence-electron chi connectivity index (χ3n) is 6.18. The number of rotatable bonds is 3. The summed E-state index contributed by atoms with van der Waals surface area (Å²) >= 11 is 0. The van der Waals surface area contributed by atoms with E-state index in [1.54, 1.807) is 24.1 Å². The van der Waals surface area contributed by atoms with Gasteiger partial charge >= 0.3 is 6.18 Å². The number of allylic oxidation sites excluding steroid dienone is 3. The molecule has 1 aliphatic carbocycles.